The summed E-state index contributed by atoms with van der Waals surface area (Å²) < 4.78 is 38.1. The van der Waals surface area contributed by atoms with Crippen molar-refractivity contribution in [2.75, 3.05) is 30.4 Å². The van der Waals surface area contributed by atoms with Crippen LogP contribution in [0.2, 0.25) is 0 Å². The number of rotatable bonds is 3. The lowest BCUT2D eigenvalue weighted by Gasteiger charge is -2.31. The molecule has 5 nitrogen and oxygen atoms in total. The largest absolute Gasteiger partial charge is 0.397 e. The Morgan fingerprint density at radius 1 is 1.40 bits per heavy atom. The zero-order chi connectivity index (χ0) is 14.9. The van der Waals surface area contributed by atoms with Crippen molar-refractivity contribution in [2.24, 2.45) is 0 Å². The normalized spacial score (nSPS) is 18.1. The molecular weight excluding hydrogens is 349 g/mol. The van der Waals surface area contributed by atoms with Crippen molar-refractivity contribution < 1.29 is 12.8 Å². The van der Waals surface area contributed by atoms with E-state index in [4.69, 9.17) is 5.73 Å². The number of sulfonamides is 1. The van der Waals surface area contributed by atoms with Gasteiger partial charge in [0.2, 0.25) is 10.0 Å². The Hall–Kier alpha value is -0.860. The third kappa shape index (κ3) is 3.62. The number of nitrogens with zero attached hydrogens (tertiary/aromatic N) is 1. The highest BCUT2D eigenvalue weighted by atomic mass is 79.9. The van der Waals surface area contributed by atoms with Gasteiger partial charge in [0.1, 0.15) is 5.82 Å². The van der Waals surface area contributed by atoms with Crippen LogP contribution >= 0.6 is 15.9 Å². The molecule has 0 aliphatic carbocycles. The molecule has 0 amide bonds. The Morgan fingerprint density at radius 2 is 2.00 bits per heavy atom. The minimum absolute atomic E-state index is 0.0934. The lowest BCUT2D eigenvalue weighted by atomic mass is 10.1. The third-order valence-electron chi connectivity index (χ3n) is 3.38. The van der Waals surface area contributed by atoms with Gasteiger partial charge in [-0.25, -0.2) is 17.1 Å². The van der Waals surface area contributed by atoms with Gasteiger partial charge in [0, 0.05) is 25.2 Å². The summed E-state index contributed by atoms with van der Waals surface area (Å²) in [4.78, 5) is 0. The summed E-state index contributed by atoms with van der Waals surface area (Å²) in [6, 6.07) is 2.96. The number of hydrogen-bond acceptors (Lipinski definition) is 4. The van der Waals surface area contributed by atoms with Crippen molar-refractivity contribution in [1.29, 1.82) is 0 Å². The van der Waals surface area contributed by atoms with Crippen LogP contribution in [0.15, 0.2) is 16.6 Å². The molecule has 0 unspecified atom stereocenters. The van der Waals surface area contributed by atoms with E-state index in [0.29, 0.717) is 41.8 Å². The highest BCUT2D eigenvalue weighted by Crippen LogP contribution is 2.28. The molecule has 0 aromatic heterocycles. The molecular formula is C12H17BrFN3O2S. The zero-order valence-electron chi connectivity index (χ0n) is 11.1. The number of nitrogens with two attached hydrogens (primary N) is 1. The van der Waals surface area contributed by atoms with E-state index in [9.17, 15) is 12.8 Å². The molecule has 1 fully saturated rings. The number of piperidine rings is 1. The molecule has 1 aliphatic rings. The molecule has 112 valence electrons. The molecule has 1 heterocycles. The second-order valence-electron chi connectivity index (χ2n) is 4.93. The van der Waals surface area contributed by atoms with Gasteiger partial charge in [-0.15, -0.1) is 0 Å². The van der Waals surface area contributed by atoms with Crippen molar-refractivity contribution in [3.8, 4) is 0 Å². The molecule has 0 spiro atoms. The van der Waals surface area contributed by atoms with E-state index < -0.39 is 10.0 Å². The van der Waals surface area contributed by atoms with Crippen LogP contribution in [0.3, 0.4) is 0 Å². The van der Waals surface area contributed by atoms with Crippen molar-refractivity contribution in [1.82, 2.24) is 4.31 Å². The summed E-state index contributed by atoms with van der Waals surface area (Å²) in [6.07, 6.45) is 2.55. The van der Waals surface area contributed by atoms with E-state index in [1.165, 1.54) is 22.7 Å². The van der Waals surface area contributed by atoms with E-state index in [0.717, 1.165) is 0 Å². The summed E-state index contributed by atoms with van der Waals surface area (Å²) in [6.45, 7) is 0.935. The Kier molecular flexibility index (Phi) is 4.55. The molecule has 1 saturated heterocycles. The highest BCUT2D eigenvalue weighted by molar-refractivity contribution is 9.10. The number of nitrogens with one attached hydrogen (secondary N) is 1. The zero-order valence-corrected chi connectivity index (χ0v) is 13.5. The lowest BCUT2D eigenvalue weighted by molar-refractivity contribution is 0.332. The first kappa shape index (κ1) is 15.5. The van der Waals surface area contributed by atoms with Crippen LogP contribution in [0.25, 0.3) is 0 Å². The van der Waals surface area contributed by atoms with Gasteiger partial charge in [-0.1, -0.05) is 0 Å². The van der Waals surface area contributed by atoms with Gasteiger partial charge in [-0.2, -0.15) is 0 Å². The minimum atomic E-state index is -3.13. The molecule has 0 radical (unpaired) electrons. The molecule has 8 heteroatoms. The Balaban J connectivity index is 2.01. The monoisotopic (exact) mass is 365 g/mol. The predicted molar refractivity (Wildman–Crippen MR) is 81.6 cm³/mol. The van der Waals surface area contributed by atoms with Gasteiger partial charge in [0.15, 0.2) is 0 Å². The maximum Gasteiger partial charge on any atom is 0.211 e. The summed E-state index contributed by atoms with van der Waals surface area (Å²) in [5.74, 6) is -0.379. The summed E-state index contributed by atoms with van der Waals surface area (Å²) >= 11 is 3.08. The van der Waals surface area contributed by atoms with E-state index in [-0.39, 0.29) is 11.9 Å². The third-order valence-corrected chi connectivity index (χ3v) is 5.29. The van der Waals surface area contributed by atoms with Crippen LogP contribution in [0.1, 0.15) is 12.8 Å². The smallest absolute Gasteiger partial charge is 0.211 e. The molecule has 3 N–H and O–H groups in total. The Labute approximate surface area is 126 Å². The van der Waals surface area contributed by atoms with E-state index >= 15 is 0 Å². The number of hydrogen-bond donors (Lipinski definition) is 2. The first-order valence-corrected chi connectivity index (χ1v) is 8.87. The van der Waals surface area contributed by atoms with Crippen LogP contribution in [0, 0.1) is 5.82 Å². The van der Waals surface area contributed by atoms with Crippen LogP contribution in [0.5, 0.6) is 0 Å². The second kappa shape index (κ2) is 5.87. The van der Waals surface area contributed by atoms with Gasteiger partial charge in [0.05, 0.1) is 22.1 Å². The van der Waals surface area contributed by atoms with Gasteiger partial charge in [-0.3, -0.25) is 0 Å². The van der Waals surface area contributed by atoms with Crippen molar-refractivity contribution in [3.63, 3.8) is 0 Å². The van der Waals surface area contributed by atoms with E-state index in [2.05, 4.69) is 21.2 Å². The number of nitrogen functional groups attached to an aromatic ring is 1. The topological polar surface area (TPSA) is 75.4 Å². The fraction of sp³-hybridized carbons (Fsp3) is 0.500. The van der Waals surface area contributed by atoms with Crippen LogP contribution < -0.4 is 11.1 Å². The molecule has 1 aromatic rings. The minimum Gasteiger partial charge on any atom is -0.397 e. The van der Waals surface area contributed by atoms with Crippen LogP contribution in [-0.4, -0.2) is 38.1 Å². The maximum atomic E-state index is 13.5. The van der Waals surface area contributed by atoms with Gasteiger partial charge < -0.3 is 11.1 Å². The number of benzene rings is 1. The molecule has 20 heavy (non-hydrogen) atoms. The average Bonchev–Trinajstić information content (AvgIpc) is 2.35. The van der Waals surface area contributed by atoms with Crippen molar-refractivity contribution in [2.45, 2.75) is 18.9 Å². The van der Waals surface area contributed by atoms with Gasteiger partial charge in [0.25, 0.3) is 0 Å². The van der Waals surface area contributed by atoms with Gasteiger partial charge >= 0.3 is 0 Å². The second-order valence-corrected chi connectivity index (χ2v) is 7.77. The van der Waals surface area contributed by atoms with Crippen molar-refractivity contribution in [3.05, 3.63) is 22.4 Å². The fourth-order valence-corrected chi connectivity index (χ4v) is 3.47. The molecule has 0 bridgehead atoms. The van der Waals surface area contributed by atoms with Crippen molar-refractivity contribution >= 4 is 37.3 Å². The van der Waals surface area contributed by atoms with E-state index in [1.807, 2.05) is 0 Å². The molecule has 1 aromatic carbocycles. The molecule has 1 aliphatic heterocycles. The Morgan fingerprint density at radius 3 is 2.55 bits per heavy atom. The maximum absolute atomic E-state index is 13.5. The Bertz CT molecular complexity index is 601. The SMILES string of the molecule is CS(=O)(=O)N1CCC(Nc2cc(F)c(Br)cc2N)CC1. The number of halogens is 2. The molecule has 0 atom stereocenters. The fourth-order valence-electron chi connectivity index (χ4n) is 2.24. The first-order chi connectivity index (χ1) is 9.27. The summed E-state index contributed by atoms with van der Waals surface area (Å²) in [5.41, 5.74) is 6.85. The lowest BCUT2D eigenvalue weighted by Crippen LogP contribution is -2.41. The predicted octanol–water partition coefficient (Wildman–Crippen LogP) is 2.01. The standard InChI is InChI=1S/C12H17BrFN3O2S/c1-20(18,19)17-4-2-8(3-5-17)16-12-7-10(14)9(13)6-11(12)15/h6-8,16H,2-5,15H2,1H3. The summed E-state index contributed by atoms with van der Waals surface area (Å²) in [7, 11) is -3.13. The quantitative estimate of drug-likeness (QED) is 0.803. The van der Waals surface area contributed by atoms with Crippen LogP contribution in [0.4, 0.5) is 15.8 Å². The average molecular weight is 366 g/mol. The molecule has 2 rings (SSSR count). The molecule has 0 saturated carbocycles. The van der Waals surface area contributed by atoms with Gasteiger partial charge in [-0.05, 0) is 34.8 Å². The van der Waals surface area contributed by atoms with E-state index in [1.54, 1.807) is 0 Å². The number of anilines is 2. The summed E-state index contributed by atoms with van der Waals surface area (Å²) in [5, 5.41) is 3.18. The van der Waals surface area contributed by atoms with Crippen LogP contribution in [-0.2, 0) is 10.0 Å². The first-order valence-electron chi connectivity index (χ1n) is 6.23. The highest BCUT2D eigenvalue weighted by Gasteiger charge is 2.25.